The Morgan fingerprint density at radius 1 is 1.26 bits per heavy atom. The molecule has 5 heteroatoms. The van der Waals surface area contributed by atoms with Crippen molar-refractivity contribution in [3.05, 3.63) is 23.8 Å². The highest BCUT2D eigenvalue weighted by molar-refractivity contribution is 7.89. The van der Waals surface area contributed by atoms with Crippen molar-refractivity contribution in [3.63, 3.8) is 0 Å². The number of anilines is 1. The van der Waals surface area contributed by atoms with E-state index in [1.54, 1.807) is 13.0 Å². The Morgan fingerprint density at radius 3 is 2.37 bits per heavy atom. The van der Waals surface area contributed by atoms with Crippen molar-refractivity contribution in [2.45, 2.75) is 45.1 Å². The number of nitrogens with one attached hydrogen (secondary N) is 2. The molecule has 0 radical (unpaired) electrons. The summed E-state index contributed by atoms with van der Waals surface area (Å²) in [6, 6.07) is 5.80. The molecule has 0 aromatic heterocycles. The Hall–Kier alpha value is -1.07. The molecule has 1 aromatic rings. The number of hydrogen-bond donors (Lipinski definition) is 2. The van der Waals surface area contributed by atoms with E-state index in [1.165, 1.54) is 7.05 Å². The molecule has 0 spiro atoms. The summed E-state index contributed by atoms with van der Waals surface area (Å²) < 4.78 is 26.2. The molecule has 1 atom stereocenters. The zero-order chi connectivity index (χ0) is 14.6. The van der Waals surface area contributed by atoms with Gasteiger partial charge in [-0.3, -0.25) is 0 Å². The van der Waals surface area contributed by atoms with E-state index in [-0.39, 0.29) is 0 Å². The zero-order valence-electron chi connectivity index (χ0n) is 12.3. The highest BCUT2D eigenvalue weighted by atomic mass is 32.2. The van der Waals surface area contributed by atoms with Gasteiger partial charge < -0.3 is 5.32 Å². The largest absolute Gasteiger partial charge is 0.382 e. The van der Waals surface area contributed by atoms with Gasteiger partial charge in [0.15, 0.2) is 0 Å². The monoisotopic (exact) mass is 284 g/mol. The highest BCUT2D eigenvalue weighted by Crippen LogP contribution is 2.22. The van der Waals surface area contributed by atoms with E-state index in [0.717, 1.165) is 17.7 Å². The van der Waals surface area contributed by atoms with E-state index in [9.17, 15) is 8.42 Å². The number of rotatable bonds is 6. The molecule has 0 aliphatic heterocycles. The first-order valence-electron chi connectivity index (χ1n) is 6.62. The molecule has 4 nitrogen and oxygen atoms in total. The third-order valence-electron chi connectivity index (χ3n) is 3.34. The van der Waals surface area contributed by atoms with Crippen LogP contribution in [0.15, 0.2) is 23.1 Å². The molecule has 108 valence electrons. The lowest BCUT2D eigenvalue weighted by molar-refractivity contribution is 0.511. The van der Waals surface area contributed by atoms with Gasteiger partial charge >= 0.3 is 0 Å². The predicted octanol–water partition coefficient (Wildman–Crippen LogP) is 2.75. The summed E-state index contributed by atoms with van der Waals surface area (Å²) in [4.78, 5) is 0.332. The molecule has 19 heavy (non-hydrogen) atoms. The lowest BCUT2D eigenvalue weighted by atomic mass is 10.0. The molecule has 0 aliphatic rings. The van der Waals surface area contributed by atoms with Gasteiger partial charge in [0.1, 0.15) is 0 Å². The third-order valence-corrected chi connectivity index (χ3v) is 4.90. The van der Waals surface area contributed by atoms with Gasteiger partial charge in [-0.25, -0.2) is 13.1 Å². The van der Waals surface area contributed by atoms with Crippen LogP contribution in [0.2, 0.25) is 0 Å². The topological polar surface area (TPSA) is 58.2 Å². The van der Waals surface area contributed by atoms with Gasteiger partial charge in [0.05, 0.1) is 4.90 Å². The standard InChI is InChI=1S/C14H24N2O2S/c1-6-13(10(2)3)16-12-8-7-11(4)14(9-12)19(17,18)15-5/h7-10,13,15-16H,6H2,1-5H3. The molecule has 0 saturated carbocycles. The van der Waals surface area contributed by atoms with E-state index >= 15 is 0 Å². The van der Waals surface area contributed by atoms with E-state index in [2.05, 4.69) is 30.8 Å². The van der Waals surface area contributed by atoms with Gasteiger partial charge in [0.25, 0.3) is 0 Å². The normalized spacial score (nSPS) is 13.6. The first-order chi connectivity index (χ1) is 8.81. The number of benzene rings is 1. The van der Waals surface area contributed by atoms with Crippen molar-refractivity contribution in [3.8, 4) is 0 Å². The average Bonchev–Trinajstić information content (AvgIpc) is 2.37. The fraction of sp³-hybridized carbons (Fsp3) is 0.571. The summed E-state index contributed by atoms with van der Waals surface area (Å²) in [5.41, 5.74) is 1.59. The second-order valence-corrected chi connectivity index (χ2v) is 6.95. The molecule has 0 aliphatic carbocycles. The van der Waals surface area contributed by atoms with Crippen molar-refractivity contribution >= 4 is 15.7 Å². The minimum atomic E-state index is -3.40. The van der Waals surface area contributed by atoms with Gasteiger partial charge in [-0.1, -0.05) is 26.8 Å². The molecule has 1 unspecified atom stereocenters. The van der Waals surface area contributed by atoms with Gasteiger partial charge in [-0.15, -0.1) is 0 Å². The summed E-state index contributed by atoms with van der Waals surface area (Å²) >= 11 is 0. The van der Waals surface area contributed by atoms with Crippen molar-refractivity contribution in [2.24, 2.45) is 5.92 Å². The van der Waals surface area contributed by atoms with Crippen LogP contribution in [0, 0.1) is 12.8 Å². The summed E-state index contributed by atoms with van der Waals surface area (Å²) in [5.74, 6) is 0.496. The van der Waals surface area contributed by atoms with Gasteiger partial charge in [-0.05, 0) is 44.0 Å². The quantitative estimate of drug-likeness (QED) is 0.844. The predicted molar refractivity (Wildman–Crippen MR) is 80.0 cm³/mol. The van der Waals surface area contributed by atoms with E-state index in [4.69, 9.17) is 0 Å². The summed E-state index contributed by atoms with van der Waals surface area (Å²) in [6.07, 6.45) is 1.000. The second kappa shape index (κ2) is 6.39. The van der Waals surface area contributed by atoms with E-state index in [0.29, 0.717) is 16.9 Å². The average molecular weight is 284 g/mol. The third kappa shape index (κ3) is 3.94. The van der Waals surface area contributed by atoms with Crippen LogP contribution in [0.25, 0.3) is 0 Å². The Labute approximate surface area is 116 Å². The van der Waals surface area contributed by atoms with E-state index in [1.807, 2.05) is 12.1 Å². The van der Waals surface area contributed by atoms with Gasteiger partial charge in [-0.2, -0.15) is 0 Å². The first-order valence-corrected chi connectivity index (χ1v) is 8.10. The van der Waals surface area contributed by atoms with E-state index < -0.39 is 10.0 Å². The smallest absolute Gasteiger partial charge is 0.240 e. The lowest BCUT2D eigenvalue weighted by Crippen LogP contribution is -2.25. The second-order valence-electron chi connectivity index (χ2n) is 5.09. The van der Waals surface area contributed by atoms with Crippen LogP contribution in [-0.4, -0.2) is 21.5 Å². The SMILES string of the molecule is CCC(Nc1ccc(C)c(S(=O)(=O)NC)c1)C(C)C. The van der Waals surface area contributed by atoms with Crippen LogP contribution < -0.4 is 10.0 Å². The Morgan fingerprint density at radius 2 is 1.89 bits per heavy atom. The number of hydrogen-bond acceptors (Lipinski definition) is 3. The molecule has 0 saturated heterocycles. The first kappa shape index (κ1) is 16.0. The molecular weight excluding hydrogens is 260 g/mol. The van der Waals surface area contributed by atoms with Crippen LogP contribution in [0.3, 0.4) is 0 Å². The summed E-state index contributed by atoms with van der Waals surface area (Å²) in [5, 5.41) is 3.40. The van der Waals surface area contributed by atoms with Crippen LogP contribution >= 0.6 is 0 Å². The Kier molecular flexibility index (Phi) is 5.38. The molecule has 0 heterocycles. The molecule has 0 bridgehead atoms. The maximum absolute atomic E-state index is 11.9. The summed E-state index contributed by atoms with van der Waals surface area (Å²) in [6.45, 7) is 8.23. The molecular formula is C14H24N2O2S. The van der Waals surface area contributed by atoms with Crippen molar-refractivity contribution in [1.82, 2.24) is 4.72 Å². The van der Waals surface area contributed by atoms with Crippen LogP contribution in [-0.2, 0) is 10.0 Å². The Balaban J connectivity index is 3.10. The summed E-state index contributed by atoms with van der Waals surface area (Å²) in [7, 11) is -1.98. The maximum Gasteiger partial charge on any atom is 0.240 e. The highest BCUT2D eigenvalue weighted by Gasteiger charge is 2.16. The number of aryl methyl sites for hydroxylation is 1. The van der Waals surface area contributed by atoms with Gasteiger partial charge in [0.2, 0.25) is 10.0 Å². The maximum atomic E-state index is 11.9. The van der Waals surface area contributed by atoms with Crippen LogP contribution in [0.4, 0.5) is 5.69 Å². The van der Waals surface area contributed by atoms with Crippen molar-refractivity contribution in [2.75, 3.05) is 12.4 Å². The van der Waals surface area contributed by atoms with Crippen LogP contribution in [0.1, 0.15) is 32.8 Å². The van der Waals surface area contributed by atoms with Crippen molar-refractivity contribution < 1.29 is 8.42 Å². The fourth-order valence-corrected chi connectivity index (χ4v) is 3.04. The molecule has 0 amide bonds. The minimum Gasteiger partial charge on any atom is -0.382 e. The van der Waals surface area contributed by atoms with Crippen molar-refractivity contribution in [1.29, 1.82) is 0 Å². The molecule has 2 N–H and O–H groups in total. The Bertz CT molecular complexity index is 524. The van der Waals surface area contributed by atoms with Crippen LogP contribution in [0.5, 0.6) is 0 Å². The fourth-order valence-electron chi connectivity index (χ4n) is 2.04. The molecule has 1 rings (SSSR count). The van der Waals surface area contributed by atoms with Gasteiger partial charge in [0, 0.05) is 11.7 Å². The lowest BCUT2D eigenvalue weighted by Gasteiger charge is -2.22. The zero-order valence-corrected chi connectivity index (χ0v) is 13.1. The molecule has 0 fully saturated rings. The molecule has 1 aromatic carbocycles. The minimum absolute atomic E-state index is 0.332. The number of sulfonamides is 1.